The molecule has 1 aliphatic heterocycles. The Morgan fingerprint density at radius 1 is 1.09 bits per heavy atom. The number of nitrogens with one attached hydrogen (secondary N) is 1. The molecule has 0 spiro atoms. The topological polar surface area (TPSA) is 78.2 Å². The summed E-state index contributed by atoms with van der Waals surface area (Å²) in [6.07, 6.45) is -2.91. The van der Waals surface area contributed by atoms with Crippen LogP contribution in [0.25, 0.3) is 5.69 Å². The molecule has 1 aromatic heterocycles. The van der Waals surface area contributed by atoms with Crippen LogP contribution in [0.3, 0.4) is 0 Å². The van der Waals surface area contributed by atoms with Gasteiger partial charge in [0, 0.05) is 19.0 Å². The first-order chi connectivity index (χ1) is 16.0. The Morgan fingerprint density at radius 3 is 2.44 bits per heavy atom. The molecule has 3 aromatic rings. The first-order valence-electron chi connectivity index (χ1n) is 10.0. The zero-order chi connectivity index (χ0) is 24.6. The number of hydrogen-bond donors (Lipinski definition) is 1. The van der Waals surface area contributed by atoms with Crippen LogP contribution in [0.1, 0.15) is 29.0 Å². The highest BCUT2D eigenvalue weighted by molar-refractivity contribution is 6.06. The lowest BCUT2D eigenvalue weighted by molar-refractivity contribution is -0.153. The van der Waals surface area contributed by atoms with Crippen molar-refractivity contribution in [1.29, 1.82) is 0 Å². The van der Waals surface area contributed by atoms with Gasteiger partial charge < -0.3 is 10.1 Å². The molecule has 4 rings (SSSR count). The molecule has 0 unspecified atom stereocenters. The first kappa shape index (κ1) is 23.4. The molecule has 7 nitrogen and oxygen atoms in total. The predicted octanol–water partition coefficient (Wildman–Crippen LogP) is 3.98. The van der Waals surface area contributed by atoms with Crippen LogP contribution in [-0.4, -0.2) is 33.0 Å². The molecule has 0 bridgehead atoms. The highest BCUT2D eigenvalue weighted by Crippen LogP contribution is 2.29. The van der Waals surface area contributed by atoms with E-state index in [1.165, 1.54) is 4.57 Å². The van der Waals surface area contributed by atoms with Crippen molar-refractivity contribution in [3.05, 3.63) is 69.7 Å². The van der Waals surface area contributed by atoms with Crippen LogP contribution < -0.4 is 15.7 Å². The molecule has 0 atom stereocenters. The summed E-state index contributed by atoms with van der Waals surface area (Å²) >= 11 is 0. The Bertz CT molecular complexity index is 1290. The van der Waals surface area contributed by atoms with E-state index in [0.717, 1.165) is 24.6 Å². The van der Waals surface area contributed by atoms with Crippen molar-refractivity contribution in [1.82, 2.24) is 14.3 Å². The van der Waals surface area contributed by atoms with E-state index >= 15 is 0 Å². The minimum absolute atomic E-state index is 0.349. The fourth-order valence-electron chi connectivity index (χ4n) is 3.52. The standard InChI is InChI=1S/C21H16F6N4O3/c22-12-4-3-5-13(23)18(12)28-19(32)11-8-14(24)15(9-16(11)34-10-21(25,26)27)31-20(33)30-7-2-1-6-17(30)29-31/h3-5,8-9H,1-2,6-7,10H2,(H,28,32). The van der Waals surface area contributed by atoms with E-state index < -0.39 is 64.5 Å². The summed E-state index contributed by atoms with van der Waals surface area (Å²) in [5.41, 5.74) is -2.90. The smallest absolute Gasteiger partial charge is 0.422 e. The van der Waals surface area contributed by atoms with E-state index in [4.69, 9.17) is 4.74 Å². The molecule has 180 valence electrons. The third-order valence-electron chi connectivity index (χ3n) is 5.09. The van der Waals surface area contributed by atoms with Gasteiger partial charge in [0.25, 0.3) is 5.91 Å². The van der Waals surface area contributed by atoms with Crippen molar-refractivity contribution in [3.63, 3.8) is 0 Å². The maximum absolute atomic E-state index is 15.0. The molecule has 13 heteroatoms. The van der Waals surface area contributed by atoms with Crippen molar-refractivity contribution in [3.8, 4) is 11.4 Å². The number of amides is 1. The van der Waals surface area contributed by atoms with Crippen LogP contribution >= 0.6 is 0 Å². The third kappa shape index (κ3) is 4.63. The number of ether oxygens (including phenoxy) is 1. The first-order valence-corrected chi connectivity index (χ1v) is 10.0. The molecule has 0 radical (unpaired) electrons. The molecular weight excluding hydrogens is 470 g/mol. The summed E-state index contributed by atoms with van der Waals surface area (Å²) in [7, 11) is 0. The SMILES string of the molecule is O=C(Nc1c(F)cccc1F)c1cc(F)c(-n2nc3n(c2=O)CCCC3)cc1OCC(F)(F)F. The van der Waals surface area contributed by atoms with Crippen LogP contribution in [0.2, 0.25) is 0 Å². The molecule has 34 heavy (non-hydrogen) atoms. The second kappa shape index (κ2) is 8.88. The Morgan fingerprint density at radius 2 is 1.79 bits per heavy atom. The summed E-state index contributed by atoms with van der Waals surface area (Å²) in [6.45, 7) is -1.50. The van der Waals surface area contributed by atoms with Gasteiger partial charge in [0.2, 0.25) is 0 Å². The minimum atomic E-state index is -4.82. The van der Waals surface area contributed by atoms with Crippen LogP contribution in [0.5, 0.6) is 5.75 Å². The van der Waals surface area contributed by atoms with Crippen molar-refractivity contribution >= 4 is 11.6 Å². The molecule has 1 amide bonds. The molecular formula is C21H16F6N4O3. The zero-order valence-electron chi connectivity index (χ0n) is 17.3. The maximum atomic E-state index is 15.0. The van der Waals surface area contributed by atoms with Gasteiger partial charge >= 0.3 is 11.9 Å². The summed E-state index contributed by atoms with van der Waals surface area (Å²) in [4.78, 5) is 25.3. The van der Waals surface area contributed by atoms with E-state index in [1.54, 1.807) is 0 Å². The fourth-order valence-corrected chi connectivity index (χ4v) is 3.52. The van der Waals surface area contributed by atoms with Crippen molar-refractivity contribution < 1.29 is 35.9 Å². The van der Waals surface area contributed by atoms with Gasteiger partial charge in [-0.3, -0.25) is 9.36 Å². The van der Waals surface area contributed by atoms with E-state index in [2.05, 4.69) is 5.10 Å². The van der Waals surface area contributed by atoms with Gasteiger partial charge in [-0.1, -0.05) is 6.07 Å². The number of alkyl halides is 3. The number of benzene rings is 2. The number of aryl methyl sites for hydroxylation is 1. The number of aromatic nitrogens is 3. The number of halogens is 6. The maximum Gasteiger partial charge on any atom is 0.422 e. The highest BCUT2D eigenvalue weighted by Gasteiger charge is 2.31. The lowest BCUT2D eigenvalue weighted by atomic mass is 10.1. The van der Waals surface area contributed by atoms with Crippen molar-refractivity contribution in [2.75, 3.05) is 11.9 Å². The van der Waals surface area contributed by atoms with Gasteiger partial charge in [-0.2, -0.15) is 17.9 Å². The monoisotopic (exact) mass is 486 g/mol. The normalized spacial score (nSPS) is 13.5. The Labute approximate surface area is 187 Å². The van der Waals surface area contributed by atoms with Gasteiger partial charge in [-0.05, 0) is 31.0 Å². The predicted molar refractivity (Wildman–Crippen MR) is 107 cm³/mol. The van der Waals surface area contributed by atoms with Crippen LogP contribution in [0.4, 0.5) is 32.0 Å². The van der Waals surface area contributed by atoms with Crippen molar-refractivity contribution in [2.24, 2.45) is 0 Å². The quantitative estimate of drug-likeness (QED) is 0.554. The summed E-state index contributed by atoms with van der Waals surface area (Å²) in [6, 6.07) is 3.95. The molecule has 0 aliphatic carbocycles. The van der Waals surface area contributed by atoms with E-state index in [9.17, 15) is 35.9 Å². The lowest BCUT2D eigenvalue weighted by Crippen LogP contribution is -2.27. The number of para-hydroxylation sites is 1. The molecule has 1 N–H and O–H groups in total. The fraction of sp³-hybridized carbons (Fsp3) is 0.286. The summed E-state index contributed by atoms with van der Waals surface area (Å²) in [5.74, 6) is -5.21. The second-order valence-corrected chi connectivity index (χ2v) is 7.47. The van der Waals surface area contributed by atoms with Gasteiger partial charge in [-0.15, -0.1) is 5.10 Å². The highest BCUT2D eigenvalue weighted by atomic mass is 19.4. The molecule has 2 heterocycles. The molecule has 0 fully saturated rings. The van der Waals surface area contributed by atoms with E-state index in [1.807, 2.05) is 5.32 Å². The summed E-state index contributed by atoms with van der Waals surface area (Å²) < 4.78 is 87.8. The average molecular weight is 486 g/mol. The number of anilines is 1. The van der Waals surface area contributed by atoms with Gasteiger partial charge in [-0.25, -0.2) is 18.0 Å². The average Bonchev–Trinajstić information content (AvgIpc) is 3.11. The molecule has 1 aliphatic rings. The number of nitrogens with zero attached hydrogens (tertiary/aromatic N) is 3. The van der Waals surface area contributed by atoms with E-state index in [0.29, 0.717) is 42.0 Å². The Balaban J connectivity index is 1.78. The number of rotatable bonds is 5. The summed E-state index contributed by atoms with van der Waals surface area (Å²) in [5, 5.41) is 5.91. The number of fused-ring (bicyclic) bond motifs is 1. The van der Waals surface area contributed by atoms with Crippen LogP contribution in [-0.2, 0) is 13.0 Å². The Kier molecular flexibility index (Phi) is 6.11. The number of hydrogen-bond acceptors (Lipinski definition) is 4. The van der Waals surface area contributed by atoms with Gasteiger partial charge in [0.1, 0.15) is 40.4 Å². The van der Waals surface area contributed by atoms with Crippen LogP contribution in [0.15, 0.2) is 35.1 Å². The van der Waals surface area contributed by atoms with Crippen molar-refractivity contribution in [2.45, 2.75) is 32.0 Å². The number of carbonyl (C=O) groups excluding carboxylic acids is 1. The minimum Gasteiger partial charge on any atom is -0.483 e. The lowest BCUT2D eigenvalue weighted by Gasteiger charge is -2.15. The van der Waals surface area contributed by atoms with Gasteiger partial charge in [0.15, 0.2) is 6.61 Å². The van der Waals surface area contributed by atoms with E-state index in [-0.39, 0.29) is 0 Å². The zero-order valence-corrected chi connectivity index (χ0v) is 17.3. The van der Waals surface area contributed by atoms with Gasteiger partial charge in [0.05, 0.1) is 5.56 Å². The second-order valence-electron chi connectivity index (χ2n) is 7.47. The molecule has 0 saturated heterocycles. The van der Waals surface area contributed by atoms with Crippen LogP contribution in [0, 0.1) is 17.5 Å². The third-order valence-corrected chi connectivity index (χ3v) is 5.09. The number of carbonyl (C=O) groups is 1. The Hall–Kier alpha value is -3.77. The molecule has 0 saturated carbocycles. The largest absolute Gasteiger partial charge is 0.483 e. The molecule has 2 aromatic carbocycles.